The minimum absolute atomic E-state index is 0.00503. The van der Waals surface area contributed by atoms with E-state index in [9.17, 15) is 14.4 Å². The summed E-state index contributed by atoms with van der Waals surface area (Å²) in [6.07, 6.45) is 0. The number of hydrogen-bond donors (Lipinski definition) is 2. The van der Waals surface area contributed by atoms with Gasteiger partial charge in [0.1, 0.15) is 0 Å². The molecule has 7 heteroatoms. The first-order chi connectivity index (χ1) is 13.0. The summed E-state index contributed by atoms with van der Waals surface area (Å²) in [5.74, 6) is 0.432. The molecule has 1 fully saturated rings. The topological polar surface area (TPSA) is 86.7 Å². The number of carbonyl (C=O) groups is 3. The van der Waals surface area contributed by atoms with Crippen molar-refractivity contribution in [2.45, 2.75) is 6.92 Å². The van der Waals surface area contributed by atoms with E-state index in [1.54, 1.807) is 24.3 Å². The third kappa shape index (κ3) is 4.49. The van der Waals surface area contributed by atoms with Gasteiger partial charge in [-0.3, -0.25) is 9.59 Å². The fourth-order valence-corrected chi connectivity index (χ4v) is 3.78. The Morgan fingerprint density at radius 2 is 1.70 bits per heavy atom. The van der Waals surface area contributed by atoms with Crippen LogP contribution in [0.15, 0.2) is 42.5 Å². The van der Waals surface area contributed by atoms with E-state index in [0.717, 1.165) is 30.2 Å². The van der Waals surface area contributed by atoms with E-state index in [2.05, 4.69) is 5.32 Å². The molecule has 1 heterocycles. The molecule has 2 aromatic carbocycles. The second kappa shape index (κ2) is 8.26. The Morgan fingerprint density at radius 3 is 2.37 bits per heavy atom. The number of carbonyl (C=O) groups excluding carboxylic acids is 2. The van der Waals surface area contributed by atoms with Gasteiger partial charge >= 0.3 is 5.97 Å². The molecule has 2 amide bonds. The van der Waals surface area contributed by atoms with Gasteiger partial charge in [-0.2, -0.15) is 11.8 Å². The first kappa shape index (κ1) is 19.0. The van der Waals surface area contributed by atoms with E-state index in [0.29, 0.717) is 11.3 Å². The number of carboxylic acid groups (broad SMARTS) is 1. The fourth-order valence-electron chi connectivity index (χ4n) is 2.87. The number of aromatic carboxylic acids is 1. The molecule has 0 aliphatic carbocycles. The van der Waals surface area contributed by atoms with Gasteiger partial charge in [0.2, 0.25) is 0 Å². The summed E-state index contributed by atoms with van der Waals surface area (Å²) < 4.78 is 0. The Kier molecular flexibility index (Phi) is 5.81. The molecule has 0 spiro atoms. The number of aryl methyl sites for hydroxylation is 1. The maximum absolute atomic E-state index is 12.6. The van der Waals surface area contributed by atoms with Gasteiger partial charge < -0.3 is 15.3 Å². The Morgan fingerprint density at radius 1 is 1.00 bits per heavy atom. The smallest absolute Gasteiger partial charge is 0.335 e. The van der Waals surface area contributed by atoms with Crippen LogP contribution in [0.25, 0.3) is 0 Å². The molecule has 0 atom stereocenters. The van der Waals surface area contributed by atoms with Gasteiger partial charge in [0.05, 0.1) is 5.56 Å². The molecule has 6 nitrogen and oxygen atoms in total. The van der Waals surface area contributed by atoms with Crippen molar-refractivity contribution in [3.63, 3.8) is 0 Å². The van der Waals surface area contributed by atoms with Crippen molar-refractivity contribution in [3.05, 3.63) is 64.7 Å². The molecule has 0 unspecified atom stereocenters. The molecule has 0 radical (unpaired) electrons. The average Bonchev–Trinajstić information content (AvgIpc) is 2.69. The first-order valence-electron chi connectivity index (χ1n) is 8.58. The van der Waals surface area contributed by atoms with Crippen molar-refractivity contribution in [2.75, 3.05) is 29.9 Å². The molecule has 1 aliphatic rings. The predicted molar refractivity (Wildman–Crippen MR) is 106 cm³/mol. The summed E-state index contributed by atoms with van der Waals surface area (Å²) >= 11 is 1.85. The van der Waals surface area contributed by atoms with Crippen LogP contribution in [0.5, 0.6) is 0 Å². The van der Waals surface area contributed by atoms with Gasteiger partial charge in [0.25, 0.3) is 11.8 Å². The van der Waals surface area contributed by atoms with Crippen molar-refractivity contribution in [2.24, 2.45) is 0 Å². The molecule has 2 aromatic rings. The molecule has 3 rings (SSSR count). The van der Waals surface area contributed by atoms with Gasteiger partial charge in [-0.15, -0.1) is 0 Å². The number of thioether (sulfide) groups is 1. The van der Waals surface area contributed by atoms with E-state index in [4.69, 9.17) is 5.11 Å². The number of anilines is 1. The van der Waals surface area contributed by atoms with Crippen molar-refractivity contribution >= 4 is 35.2 Å². The van der Waals surface area contributed by atoms with Crippen molar-refractivity contribution in [1.82, 2.24) is 4.90 Å². The summed E-state index contributed by atoms with van der Waals surface area (Å²) in [5, 5.41) is 11.8. The van der Waals surface area contributed by atoms with Crippen LogP contribution >= 0.6 is 11.8 Å². The molecule has 27 heavy (non-hydrogen) atoms. The van der Waals surface area contributed by atoms with E-state index < -0.39 is 11.9 Å². The van der Waals surface area contributed by atoms with Gasteiger partial charge in [-0.25, -0.2) is 4.79 Å². The van der Waals surface area contributed by atoms with E-state index in [-0.39, 0.29) is 17.0 Å². The zero-order valence-electron chi connectivity index (χ0n) is 14.9. The molecule has 1 aliphatic heterocycles. The SMILES string of the molecule is Cc1cc(C(=O)N2CCSCC2)ccc1NC(=O)c1cccc(C(=O)O)c1. The lowest BCUT2D eigenvalue weighted by atomic mass is 10.1. The number of amides is 2. The zero-order chi connectivity index (χ0) is 19.4. The van der Waals surface area contributed by atoms with Crippen LogP contribution in [0.4, 0.5) is 5.69 Å². The fraction of sp³-hybridized carbons (Fsp3) is 0.250. The van der Waals surface area contributed by atoms with E-state index in [1.807, 2.05) is 23.6 Å². The summed E-state index contributed by atoms with van der Waals surface area (Å²) in [5.41, 5.74) is 2.28. The Hall–Kier alpha value is -2.80. The van der Waals surface area contributed by atoms with Crippen LogP contribution in [0.1, 0.15) is 36.6 Å². The Labute approximate surface area is 161 Å². The zero-order valence-corrected chi connectivity index (χ0v) is 15.7. The second-order valence-corrected chi connectivity index (χ2v) is 7.50. The molecule has 0 saturated carbocycles. The molecule has 0 aromatic heterocycles. The van der Waals surface area contributed by atoms with Gasteiger partial charge in [-0.1, -0.05) is 6.07 Å². The summed E-state index contributed by atoms with van der Waals surface area (Å²) in [6.45, 7) is 3.33. The second-order valence-electron chi connectivity index (χ2n) is 6.27. The number of nitrogens with one attached hydrogen (secondary N) is 1. The molecule has 2 N–H and O–H groups in total. The maximum atomic E-state index is 12.6. The lowest BCUT2D eigenvalue weighted by molar-refractivity contribution is 0.0696. The average molecular weight is 384 g/mol. The van der Waals surface area contributed by atoms with Gasteiger partial charge in [-0.05, 0) is 48.9 Å². The molecule has 1 saturated heterocycles. The molecular formula is C20H20N2O4S. The van der Waals surface area contributed by atoms with Crippen LogP contribution in [-0.4, -0.2) is 52.4 Å². The van der Waals surface area contributed by atoms with Crippen LogP contribution in [0.2, 0.25) is 0 Å². The summed E-state index contributed by atoms with van der Waals surface area (Å²) in [4.78, 5) is 37.9. The largest absolute Gasteiger partial charge is 0.478 e. The number of carboxylic acids is 1. The Bertz CT molecular complexity index is 891. The van der Waals surface area contributed by atoms with Crippen LogP contribution in [0, 0.1) is 6.92 Å². The highest BCUT2D eigenvalue weighted by Crippen LogP contribution is 2.20. The molecule has 0 bridgehead atoms. The quantitative estimate of drug-likeness (QED) is 0.846. The monoisotopic (exact) mass is 384 g/mol. The maximum Gasteiger partial charge on any atom is 0.335 e. The van der Waals surface area contributed by atoms with Gasteiger partial charge in [0, 0.05) is 41.4 Å². The standard InChI is InChI=1S/C20H20N2O4S/c1-13-11-15(19(24)22-7-9-27-10-8-22)5-6-17(13)21-18(23)14-3-2-4-16(12-14)20(25)26/h2-6,11-12H,7-10H2,1H3,(H,21,23)(H,25,26). The highest BCUT2D eigenvalue weighted by molar-refractivity contribution is 7.99. The van der Waals surface area contributed by atoms with Crippen molar-refractivity contribution < 1.29 is 19.5 Å². The summed E-state index contributed by atoms with van der Waals surface area (Å²) in [6, 6.07) is 11.0. The minimum Gasteiger partial charge on any atom is -0.478 e. The lowest BCUT2D eigenvalue weighted by Crippen LogP contribution is -2.37. The van der Waals surface area contributed by atoms with Crippen LogP contribution in [0.3, 0.4) is 0 Å². The minimum atomic E-state index is -1.08. The predicted octanol–water partition coefficient (Wildman–Crippen LogP) is 3.13. The van der Waals surface area contributed by atoms with Crippen LogP contribution < -0.4 is 5.32 Å². The normalized spacial score (nSPS) is 13.9. The number of nitrogens with zero attached hydrogens (tertiary/aromatic N) is 1. The first-order valence-corrected chi connectivity index (χ1v) is 9.73. The number of benzene rings is 2. The number of rotatable bonds is 4. The third-order valence-electron chi connectivity index (χ3n) is 4.39. The van der Waals surface area contributed by atoms with Crippen molar-refractivity contribution in [3.8, 4) is 0 Å². The lowest BCUT2D eigenvalue weighted by Gasteiger charge is -2.26. The third-order valence-corrected chi connectivity index (χ3v) is 5.33. The number of hydrogen-bond acceptors (Lipinski definition) is 4. The van der Waals surface area contributed by atoms with Crippen LogP contribution in [-0.2, 0) is 0 Å². The Balaban J connectivity index is 1.74. The van der Waals surface area contributed by atoms with E-state index in [1.165, 1.54) is 18.2 Å². The molecular weight excluding hydrogens is 364 g/mol. The molecule has 140 valence electrons. The van der Waals surface area contributed by atoms with E-state index >= 15 is 0 Å². The highest BCUT2D eigenvalue weighted by atomic mass is 32.2. The van der Waals surface area contributed by atoms with Crippen molar-refractivity contribution in [1.29, 1.82) is 0 Å². The highest BCUT2D eigenvalue weighted by Gasteiger charge is 2.19. The van der Waals surface area contributed by atoms with Gasteiger partial charge in [0.15, 0.2) is 0 Å². The summed E-state index contributed by atoms with van der Waals surface area (Å²) in [7, 11) is 0.